The summed E-state index contributed by atoms with van der Waals surface area (Å²) in [5.74, 6) is -0.106. The van der Waals surface area contributed by atoms with E-state index in [1.165, 1.54) is 0 Å². The van der Waals surface area contributed by atoms with Crippen LogP contribution >= 0.6 is 0 Å². The van der Waals surface area contributed by atoms with Gasteiger partial charge in [-0.2, -0.15) is 0 Å². The number of hydrogen-bond acceptors (Lipinski definition) is 3. The van der Waals surface area contributed by atoms with Gasteiger partial charge in [-0.3, -0.25) is 9.59 Å². The average molecular weight is 387 g/mol. The molecule has 2 amide bonds. The summed E-state index contributed by atoms with van der Waals surface area (Å²) in [6, 6.07) is 24.8. The predicted molar refractivity (Wildman–Crippen MR) is 118 cm³/mol. The largest absolute Gasteiger partial charge is 0.355 e. The number of nitrogens with one attached hydrogen (secondary N) is 2. The number of aryl methyl sites for hydroxylation is 1. The third-order valence-electron chi connectivity index (χ3n) is 4.54. The minimum Gasteiger partial charge on any atom is -0.355 e. The minimum atomic E-state index is -0.189. The van der Waals surface area contributed by atoms with Crippen molar-refractivity contribution in [3.8, 4) is 0 Å². The number of para-hydroxylation sites is 2. The zero-order chi connectivity index (χ0) is 20.6. The van der Waals surface area contributed by atoms with Crippen molar-refractivity contribution in [3.63, 3.8) is 0 Å². The van der Waals surface area contributed by atoms with Crippen molar-refractivity contribution in [2.75, 3.05) is 24.7 Å². The normalized spacial score (nSPS) is 10.3. The molecule has 0 aliphatic heterocycles. The number of hydrogen-bond donors (Lipinski definition) is 2. The van der Waals surface area contributed by atoms with Crippen molar-refractivity contribution in [1.29, 1.82) is 0 Å². The monoisotopic (exact) mass is 387 g/mol. The van der Waals surface area contributed by atoms with E-state index in [2.05, 4.69) is 10.6 Å². The molecule has 0 atom stereocenters. The molecule has 0 radical (unpaired) electrons. The first-order valence-corrected chi connectivity index (χ1v) is 9.54. The zero-order valence-electron chi connectivity index (χ0n) is 16.7. The number of amides is 2. The van der Waals surface area contributed by atoms with Crippen LogP contribution in [0.3, 0.4) is 0 Å². The molecule has 0 aliphatic rings. The van der Waals surface area contributed by atoms with E-state index in [4.69, 9.17) is 0 Å². The summed E-state index contributed by atoms with van der Waals surface area (Å²) >= 11 is 0. The van der Waals surface area contributed by atoms with Crippen LogP contribution in [0.4, 0.5) is 17.1 Å². The molecule has 0 saturated carbocycles. The number of rotatable bonds is 7. The highest BCUT2D eigenvalue weighted by Crippen LogP contribution is 2.22. The molecular formula is C24H25N3O2. The maximum Gasteiger partial charge on any atom is 0.257 e. The Bertz CT molecular complexity index is 984. The summed E-state index contributed by atoms with van der Waals surface area (Å²) in [6.07, 6.45) is 1.07. The molecule has 0 unspecified atom stereocenters. The third-order valence-corrected chi connectivity index (χ3v) is 4.54. The Morgan fingerprint density at radius 2 is 1.52 bits per heavy atom. The van der Waals surface area contributed by atoms with Crippen LogP contribution in [0.1, 0.15) is 22.3 Å². The lowest BCUT2D eigenvalue weighted by molar-refractivity contribution is -0.128. The van der Waals surface area contributed by atoms with Crippen LogP contribution < -0.4 is 10.6 Å². The molecule has 0 aliphatic carbocycles. The molecule has 29 heavy (non-hydrogen) atoms. The molecule has 3 aromatic rings. The molecule has 3 aromatic carbocycles. The molecule has 0 heterocycles. The highest BCUT2D eigenvalue weighted by atomic mass is 16.2. The van der Waals surface area contributed by atoms with Crippen LogP contribution in [0, 0.1) is 0 Å². The number of carbonyl (C=O) groups excluding carboxylic acids is 2. The van der Waals surface area contributed by atoms with Gasteiger partial charge in [-0.15, -0.1) is 0 Å². The van der Waals surface area contributed by atoms with Gasteiger partial charge in [-0.05, 0) is 48.4 Å². The smallest absolute Gasteiger partial charge is 0.257 e. The molecule has 0 spiro atoms. The lowest BCUT2D eigenvalue weighted by atomic mass is 10.1. The molecule has 5 heteroatoms. The second kappa shape index (κ2) is 9.55. The predicted octanol–water partition coefficient (Wildman–Crippen LogP) is 4.70. The highest BCUT2D eigenvalue weighted by molar-refractivity contribution is 6.08. The van der Waals surface area contributed by atoms with Crippen molar-refractivity contribution in [3.05, 3.63) is 90.0 Å². The quantitative estimate of drug-likeness (QED) is 0.618. The molecule has 0 saturated heterocycles. The van der Waals surface area contributed by atoms with E-state index in [1.807, 2.05) is 72.8 Å². The fourth-order valence-corrected chi connectivity index (χ4v) is 2.95. The van der Waals surface area contributed by atoms with Crippen molar-refractivity contribution in [2.45, 2.75) is 12.8 Å². The molecule has 0 bridgehead atoms. The van der Waals surface area contributed by atoms with Crippen LogP contribution in [-0.4, -0.2) is 30.8 Å². The van der Waals surface area contributed by atoms with E-state index in [1.54, 1.807) is 25.1 Å². The lowest BCUT2D eigenvalue weighted by Gasteiger charge is -2.13. The van der Waals surface area contributed by atoms with Gasteiger partial charge < -0.3 is 15.5 Å². The van der Waals surface area contributed by atoms with Gasteiger partial charge in [0.25, 0.3) is 5.91 Å². The van der Waals surface area contributed by atoms with E-state index in [0.717, 1.165) is 16.9 Å². The molecule has 5 nitrogen and oxygen atoms in total. The van der Waals surface area contributed by atoms with Gasteiger partial charge >= 0.3 is 0 Å². The first kappa shape index (κ1) is 20.1. The molecule has 148 valence electrons. The van der Waals surface area contributed by atoms with Gasteiger partial charge in [-0.25, -0.2) is 0 Å². The van der Waals surface area contributed by atoms with Gasteiger partial charge in [0, 0.05) is 31.9 Å². The van der Waals surface area contributed by atoms with E-state index in [-0.39, 0.29) is 11.8 Å². The maximum absolute atomic E-state index is 12.9. The second-order valence-electron chi connectivity index (χ2n) is 6.98. The van der Waals surface area contributed by atoms with Gasteiger partial charge in [0.05, 0.1) is 11.3 Å². The summed E-state index contributed by atoms with van der Waals surface area (Å²) in [6.45, 7) is 0. The molecule has 3 rings (SSSR count). The topological polar surface area (TPSA) is 61.4 Å². The van der Waals surface area contributed by atoms with Crippen LogP contribution in [0.25, 0.3) is 0 Å². The summed E-state index contributed by atoms with van der Waals surface area (Å²) in [7, 11) is 3.50. The van der Waals surface area contributed by atoms with Gasteiger partial charge in [0.2, 0.25) is 5.91 Å². The fraction of sp³-hybridized carbons (Fsp3) is 0.167. The van der Waals surface area contributed by atoms with E-state index in [0.29, 0.717) is 24.1 Å². The first-order chi connectivity index (χ1) is 14.0. The van der Waals surface area contributed by atoms with Gasteiger partial charge in [-0.1, -0.05) is 42.5 Å². The van der Waals surface area contributed by atoms with Crippen LogP contribution in [0.5, 0.6) is 0 Å². The Morgan fingerprint density at radius 1 is 0.828 bits per heavy atom. The second-order valence-corrected chi connectivity index (χ2v) is 6.98. The lowest BCUT2D eigenvalue weighted by Crippen LogP contribution is -2.21. The number of benzene rings is 3. The SMILES string of the molecule is CN(C)C(=O)CCc1cccc(NC(=O)c2ccccc2Nc2ccccc2)c1. The van der Waals surface area contributed by atoms with Gasteiger partial charge in [0.15, 0.2) is 0 Å². The fourth-order valence-electron chi connectivity index (χ4n) is 2.95. The van der Waals surface area contributed by atoms with Crippen molar-refractivity contribution in [1.82, 2.24) is 4.90 Å². The summed E-state index contributed by atoms with van der Waals surface area (Å²) < 4.78 is 0. The van der Waals surface area contributed by atoms with Crippen molar-refractivity contribution in [2.24, 2.45) is 0 Å². The van der Waals surface area contributed by atoms with Crippen molar-refractivity contribution >= 4 is 28.9 Å². The van der Waals surface area contributed by atoms with Crippen LogP contribution in [0.15, 0.2) is 78.9 Å². The summed E-state index contributed by atoms with van der Waals surface area (Å²) in [5, 5.41) is 6.25. The van der Waals surface area contributed by atoms with E-state index >= 15 is 0 Å². The Morgan fingerprint density at radius 3 is 2.28 bits per heavy atom. The summed E-state index contributed by atoms with van der Waals surface area (Å²) in [4.78, 5) is 26.3. The first-order valence-electron chi connectivity index (χ1n) is 9.54. The molecule has 2 N–H and O–H groups in total. The number of nitrogens with zero attached hydrogens (tertiary/aromatic N) is 1. The highest BCUT2D eigenvalue weighted by Gasteiger charge is 2.12. The molecular weight excluding hydrogens is 362 g/mol. The summed E-state index contributed by atoms with van der Waals surface area (Å²) in [5.41, 5.74) is 3.93. The Labute approximate surface area is 171 Å². The maximum atomic E-state index is 12.9. The number of anilines is 3. The van der Waals surface area contributed by atoms with Gasteiger partial charge in [0.1, 0.15) is 0 Å². The van der Waals surface area contributed by atoms with Crippen LogP contribution in [-0.2, 0) is 11.2 Å². The Balaban J connectivity index is 1.71. The van der Waals surface area contributed by atoms with Crippen molar-refractivity contribution < 1.29 is 9.59 Å². The van der Waals surface area contributed by atoms with E-state index in [9.17, 15) is 9.59 Å². The van der Waals surface area contributed by atoms with E-state index < -0.39 is 0 Å². The molecule has 0 aromatic heterocycles. The zero-order valence-corrected chi connectivity index (χ0v) is 16.7. The number of carbonyl (C=O) groups is 2. The standard InChI is InChI=1S/C24H25N3O2/c1-27(2)23(28)16-15-18-9-8-12-20(17-18)26-24(29)21-13-6-7-14-22(21)25-19-10-4-3-5-11-19/h3-14,17,25H,15-16H2,1-2H3,(H,26,29). The molecule has 0 fully saturated rings. The Hall–Kier alpha value is -3.60. The average Bonchev–Trinajstić information content (AvgIpc) is 2.73. The van der Waals surface area contributed by atoms with Crippen LogP contribution in [0.2, 0.25) is 0 Å². The third kappa shape index (κ3) is 5.69. The minimum absolute atomic E-state index is 0.0837. The Kier molecular flexibility index (Phi) is 6.63.